The van der Waals surface area contributed by atoms with E-state index in [1.807, 2.05) is 25.9 Å². The first-order chi connectivity index (χ1) is 34.5. The lowest BCUT2D eigenvalue weighted by molar-refractivity contribution is -0.322. The van der Waals surface area contributed by atoms with Gasteiger partial charge in [0.05, 0.1) is 84.9 Å². The number of cyclic esters (lactones) is 1. The van der Waals surface area contributed by atoms with Crippen molar-refractivity contribution >= 4 is 11.7 Å². The highest BCUT2D eigenvalue weighted by Gasteiger charge is 2.57. The number of carbonyl (C=O) groups excluding carboxylic acids is 1. The number of likely N-dealkylation sites (N-methyl/N-ethyl adjacent to an activating group) is 1. The van der Waals surface area contributed by atoms with E-state index in [9.17, 15) is 61.0 Å². The minimum atomic E-state index is -2.19. The van der Waals surface area contributed by atoms with Crippen LogP contribution in [-0.4, -0.2) is 254 Å². The van der Waals surface area contributed by atoms with E-state index in [0.29, 0.717) is 6.42 Å². The molecule has 11 N–H and O–H groups in total. The van der Waals surface area contributed by atoms with E-state index < -0.39 is 188 Å². The molecule has 5 rings (SSSR count). The number of rotatable bonds is 13. The summed E-state index contributed by atoms with van der Waals surface area (Å²) in [6, 6.07) is -0.433. The van der Waals surface area contributed by atoms with Gasteiger partial charge in [0.25, 0.3) is 0 Å². The van der Waals surface area contributed by atoms with Crippen molar-refractivity contribution in [1.29, 1.82) is 0 Å². The first-order valence-electron chi connectivity index (χ1n) is 26.0. The van der Waals surface area contributed by atoms with Crippen LogP contribution in [0.25, 0.3) is 0 Å². The molecule has 5 aliphatic heterocycles. The van der Waals surface area contributed by atoms with Gasteiger partial charge in [-0.3, -0.25) is 4.79 Å². The number of hydrogen-bond donors (Lipinski definition) is 11. The summed E-state index contributed by atoms with van der Waals surface area (Å²) in [7, 11) is 6.28. The van der Waals surface area contributed by atoms with Gasteiger partial charge in [-0.25, -0.2) is 0 Å². The van der Waals surface area contributed by atoms with Crippen molar-refractivity contribution in [2.45, 2.75) is 234 Å². The zero-order chi connectivity index (χ0) is 55.7. The number of hydrogen-bond acceptors (Lipinski definition) is 24. The number of aliphatic hydroxyl groups is 11. The van der Waals surface area contributed by atoms with E-state index in [2.05, 4.69) is 5.16 Å². The smallest absolute Gasteiger partial charge is 0.311 e. The van der Waals surface area contributed by atoms with Gasteiger partial charge < -0.3 is 109 Å². The minimum absolute atomic E-state index is 0.00855. The van der Waals surface area contributed by atoms with Gasteiger partial charge in [-0.2, -0.15) is 0 Å². The Balaban J connectivity index is 1.61. The van der Waals surface area contributed by atoms with Gasteiger partial charge in [-0.15, -0.1) is 0 Å². The Morgan fingerprint density at radius 3 is 1.93 bits per heavy atom. The summed E-state index contributed by atoms with van der Waals surface area (Å²) in [4.78, 5) is 22.4. The van der Waals surface area contributed by atoms with E-state index in [0.717, 1.165) is 0 Å². The van der Waals surface area contributed by atoms with E-state index in [1.54, 1.807) is 41.5 Å². The molecule has 0 amide bonds. The summed E-state index contributed by atoms with van der Waals surface area (Å²) in [5.74, 6) is -6.52. The molecule has 0 saturated carbocycles. The minimum Gasteiger partial charge on any atom is -0.459 e. The Hall–Kier alpha value is -1.86. The molecule has 24 heteroatoms. The molecule has 0 unspecified atom stereocenters. The van der Waals surface area contributed by atoms with Crippen molar-refractivity contribution in [2.75, 3.05) is 41.5 Å². The molecule has 0 bridgehead atoms. The van der Waals surface area contributed by atoms with Crippen LogP contribution in [0.4, 0.5) is 0 Å². The number of carbonyl (C=O) groups is 1. The summed E-state index contributed by atoms with van der Waals surface area (Å²) in [6.07, 6.45) is -25.9. The van der Waals surface area contributed by atoms with Crippen molar-refractivity contribution in [3.8, 4) is 0 Å². The molecule has 28 atom stereocenters. The maximum absolute atomic E-state index is 14.6. The van der Waals surface area contributed by atoms with Gasteiger partial charge in [-0.1, -0.05) is 32.9 Å². The van der Waals surface area contributed by atoms with E-state index >= 15 is 0 Å². The molecule has 5 aliphatic rings. The molecule has 74 heavy (non-hydrogen) atoms. The largest absolute Gasteiger partial charge is 0.459 e. The summed E-state index contributed by atoms with van der Waals surface area (Å²) >= 11 is 0. The molecular weight excluding hydrogens is 981 g/mol. The average Bonchev–Trinajstić information content (AvgIpc) is 3.34. The SMILES string of the molecule is CC[C@@H]1OC(=O)[C@H](C)[C@@H](O[C@H]2C[C@@](C)(OC)[C@@H](O)[C@H](C)O2)[C@H](C)[C@@H](O[C@@H]2O[C@H](C)C[C@H](N(C)C)[C@H]2O)[C@](C)(O)C[C@@H](C)/C(=N\O[C@@H]2[C@H](O)[C@@H](O)[C@@H]([C@@H]3[C@H](O)[C@@H](O)[C@H](OC)O[C@@H]3CO)O[C@@H]2CO)[C@H](C)[C@@H](O)[C@]1(C)O. The van der Waals surface area contributed by atoms with Gasteiger partial charge in [0.2, 0.25) is 0 Å². The number of esters is 1. The van der Waals surface area contributed by atoms with Crippen LogP contribution in [0.3, 0.4) is 0 Å². The fourth-order valence-corrected chi connectivity index (χ4v) is 12.0. The van der Waals surface area contributed by atoms with E-state index in [-0.39, 0.29) is 25.0 Å². The third kappa shape index (κ3) is 13.1. The van der Waals surface area contributed by atoms with Crippen LogP contribution in [0, 0.1) is 29.6 Å². The summed E-state index contributed by atoms with van der Waals surface area (Å²) < 4.78 is 54.6. The number of methoxy groups -OCH3 is 2. The maximum atomic E-state index is 14.6. The normalized spacial score (nSPS) is 51.1. The molecule has 5 fully saturated rings. The number of aliphatic hydroxyl groups excluding tert-OH is 9. The standard InChI is InChI=1S/C50H90N2O22/c1-15-30-50(10,64)42(60)23(4)33(51-74-40-29(20-54)69-41(37(58)36(40)57)32-28(19-53)70-46(65-13)38(59)35(32)56)21(2)17-48(8,63)44(73-47-34(55)27(52(11)12)16-22(3)67-47)24(5)39(25(6)45(62)71-30)72-31-18-49(9,66-14)43(61)26(7)68-31/h21-32,34-44,46-47,53-61,63-64H,15-20H2,1-14H3/b51-33+/t21-,22-,23+,24+,25-,26+,27+,28-,29-,30+,31+,32+,34-,35+,36-,37-,38-,39+,40+,41-,42-,43+,44-,46-,47+,48-,49-,50-/m1/s1. The molecule has 5 heterocycles. The van der Waals surface area contributed by atoms with E-state index in [1.165, 1.54) is 35.0 Å². The fourth-order valence-electron chi connectivity index (χ4n) is 12.0. The van der Waals surface area contributed by atoms with Gasteiger partial charge in [0.1, 0.15) is 48.3 Å². The molecule has 24 nitrogen and oxygen atoms in total. The van der Waals surface area contributed by atoms with Crippen molar-refractivity contribution in [3.05, 3.63) is 0 Å². The second-order valence-corrected chi connectivity index (χ2v) is 22.5. The van der Waals surface area contributed by atoms with Gasteiger partial charge in [-0.05, 0) is 74.9 Å². The van der Waals surface area contributed by atoms with Gasteiger partial charge in [0, 0.05) is 50.4 Å². The average molecular weight is 1070 g/mol. The lowest BCUT2D eigenvalue weighted by atomic mass is 9.73. The first kappa shape index (κ1) is 63.0. The van der Waals surface area contributed by atoms with E-state index in [4.69, 9.17) is 47.5 Å². The maximum Gasteiger partial charge on any atom is 0.311 e. The number of nitrogens with zero attached hydrogens (tertiary/aromatic N) is 2. The fraction of sp³-hybridized carbons (Fsp3) is 0.960. The molecule has 0 aromatic rings. The highest BCUT2D eigenvalue weighted by atomic mass is 16.7. The van der Waals surface area contributed by atoms with Crippen molar-refractivity contribution < 1.29 is 108 Å². The third-order valence-electron chi connectivity index (χ3n) is 16.6. The molecule has 0 aliphatic carbocycles. The number of ether oxygens (including phenoxy) is 9. The van der Waals surface area contributed by atoms with Crippen molar-refractivity contribution in [2.24, 2.45) is 34.7 Å². The molecule has 5 saturated heterocycles. The van der Waals surface area contributed by atoms with Crippen LogP contribution in [0.5, 0.6) is 0 Å². The van der Waals surface area contributed by atoms with Crippen molar-refractivity contribution in [3.63, 3.8) is 0 Å². The van der Waals surface area contributed by atoms with Crippen LogP contribution in [0.15, 0.2) is 5.16 Å². The zero-order valence-corrected chi connectivity index (χ0v) is 45.5. The van der Waals surface area contributed by atoms with Crippen LogP contribution in [0.1, 0.15) is 94.9 Å². The highest BCUT2D eigenvalue weighted by Crippen LogP contribution is 2.42. The van der Waals surface area contributed by atoms with Crippen LogP contribution < -0.4 is 0 Å². The molecule has 0 aromatic carbocycles. The molecule has 0 aromatic heterocycles. The lowest BCUT2D eigenvalue weighted by Crippen LogP contribution is -2.67. The highest BCUT2D eigenvalue weighted by molar-refractivity contribution is 5.88. The quantitative estimate of drug-likeness (QED) is 0.0712. The third-order valence-corrected chi connectivity index (χ3v) is 16.6. The Labute approximate surface area is 434 Å². The Morgan fingerprint density at radius 1 is 0.730 bits per heavy atom. The van der Waals surface area contributed by atoms with Gasteiger partial charge in [0.15, 0.2) is 25.0 Å². The topological polar surface area (TPSA) is 348 Å². The Morgan fingerprint density at radius 2 is 1.36 bits per heavy atom. The van der Waals surface area contributed by atoms with Crippen molar-refractivity contribution in [1.82, 2.24) is 4.90 Å². The predicted molar refractivity (Wildman–Crippen MR) is 260 cm³/mol. The summed E-state index contributed by atoms with van der Waals surface area (Å²) in [5.41, 5.74) is -5.36. The second kappa shape index (κ2) is 25.5. The summed E-state index contributed by atoms with van der Waals surface area (Å²) in [5, 5.41) is 131. The number of oxime groups is 1. The summed E-state index contributed by atoms with van der Waals surface area (Å²) in [6.45, 7) is 14.5. The second-order valence-electron chi connectivity index (χ2n) is 22.5. The molecular formula is C50H90N2O22. The van der Waals surface area contributed by atoms with Crippen LogP contribution in [0.2, 0.25) is 0 Å². The monoisotopic (exact) mass is 1070 g/mol. The zero-order valence-electron chi connectivity index (χ0n) is 45.5. The first-order valence-corrected chi connectivity index (χ1v) is 26.0. The van der Waals surface area contributed by atoms with Gasteiger partial charge >= 0.3 is 5.97 Å². The molecule has 0 radical (unpaired) electrons. The molecule has 432 valence electrons. The Bertz CT molecular complexity index is 1810. The Kier molecular flexibility index (Phi) is 21.7. The van der Waals surface area contributed by atoms with Crippen LogP contribution >= 0.6 is 0 Å². The molecule has 0 spiro atoms. The lowest BCUT2D eigenvalue weighted by Gasteiger charge is -2.50. The van der Waals surface area contributed by atoms with Crippen LogP contribution in [-0.2, 0) is 52.3 Å². The predicted octanol–water partition coefficient (Wildman–Crippen LogP) is -1.86.